The van der Waals surface area contributed by atoms with Gasteiger partial charge in [0.1, 0.15) is 0 Å². The number of carbonyl (C=O) groups excluding carboxylic acids is 1. The zero-order valence-electron chi connectivity index (χ0n) is 11.9. The van der Waals surface area contributed by atoms with Crippen molar-refractivity contribution in [1.29, 1.82) is 0 Å². The average Bonchev–Trinajstić information content (AvgIpc) is 2.80. The number of ether oxygens (including phenoxy) is 1. The maximum atomic E-state index is 11.7. The van der Waals surface area contributed by atoms with Crippen LogP contribution in [0.4, 0.5) is 0 Å². The molecule has 0 N–H and O–H groups in total. The molecular weight excluding hydrogens is 250 g/mol. The van der Waals surface area contributed by atoms with Gasteiger partial charge in [-0.05, 0) is 32.0 Å². The van der Waals surface area contributed by atoms with E-state index in [1.54, 1.807) is 0 Å². The topological polar surface area (TPSA) is 31.2 Å². The summed E-state index contributed by atoms with van der Waals surface area (Å²) in [4.78, 5) is 11.7. The van der Waals surface area contributed by atoms with Gasteiger partial charge in [-0.1, -0.05) is 24.3 Å². The van der Waals surface area contributed by atoms with Gasteiger partial charge in [-0.25, -0.2) is 4.79 Å². The lowest BCUT2D eigenvalue weighted by atomic mass is 10.1. The molecule has 1 aromatic heterocycles. The number of fused-ring (bicyclic) bond motifs is 3. The Labute approximate surface area is 117 Å². The Morgan fingerprint density at radius 1 is 1.05 bits per heavy atom. The third-order valence-corrected chi connectivity index (χ3v) is 3.65. The van der Waals surface area contributed by atoms with Crippen molar-refractivity contribution in [2.24, 2.45) is 0 Å². The van der Waals surface area contributed by atoms with Gasteiger partial charge in [-0.15, -0.1) is 0 Å². The van der Waals surface area contributed by atoms with Crippen LogP contribution in [0.5, 0.6) is 0 Å². The molecule has 3 rings (SSSR count). The Morgan fingerprint density at radius 3 is 2.45 bits per heavy atom. The summed E-state index contributed by atoms with van der Waals surface area (Å²) in [6.07, 6.45) is 0. The second kappa shape index (κ2) is 4.67. The second-order valence-electron chi connectivity index (χ2n) is 5.20. The van der Waals surface area contributed by atoms with Crippen molar-refractivity contribution in [3.63, 3.8) is 0 Å². The lowest BCUT2D eigenvalue weighted by Gasteiger charge is -2.11. The zero-order valence-corrected chi connectivity index (χ0v) is 11.9. The number of hydrogen-bond acceptors (Lipinski definition) is 2. The van der Waals surface area contributed by atoms with E-state index in [1.165, 1.54) is 23.4 Å². The molecule has 0 atom stereocenters. The highest BCUT2D eigenvalue weighted by Crippen LogP contribution is 2.32. The van der Waals surface area contributed by atoms with Gasteiger partial charge in [0, 0.05) is 22.3 Å². The number of carbonyl (C=O) groups is 1. The van der Waals surface area contributed by atoms with E-state index in [4.69, 9.17) is 4.74 Å². The molecule has 0 radical (unpaired) electrons. The van der Waals surface area contributed by atoms with Gasteiger partial charge in [0.2, 0.25) is 0 Å². The molecule has 102 valence electrons. The molecule has 20 heavy (non-hydrogen) atoms. The standard InChI is InChI=1S/C17H17NO2/c1-11(2)18-15-7-5-4-6-13(15)14-9-8-12(10-16(14)18)17(19)20-3/h4-11H,1-3H3. The molecule has 3 heteroatoms. The van der Waals surface area contributed by atoms with Crippen LogP contribution in [-0.2, 0) is 4.74 Å². The molecule has 3 nitrogen and oxygen atoms in total. The number of nitrogens with zero attached hydrogens (tertiary/aromatic N) is 1. The van der Waals surface area contributed by atoms with Crippen LogP contribution >= 0.6 is 0 Å². The molecule has 0 saturated carbocycles. The van der Waals surface area contributed by atoms with Crippen LogP contribution in [0, 0.1) is 0 Å². The molecule has 0 aliphatic rings. The van der Waals surface area contributed by atoms with E-state index in [2.05, 4.69) is 30.5 Å². The monoisotopic (exact) mass is 267 g/mol. The number of hydrogen-bond donors (Lipinski definition) is 0. The lowest BCUT2D eigenvalue weighted by molar-refractivity contribution is 0.0601. The van der Waals surface area contributed by atoms with Crippen LogP contribution in [0.25, 0.3) is 21.8 Å². The Kier molecular flexibility index (Phi) is 2.97. The van der Waals surface area contributed by atoms with E-state index in [9.17, 15) is 4.79 Å². The molecule has 0 spiro atoms. The minimum atomic E-state index is -0.299. The fraction of sp³-hybridized carbons (Fsp3) is 0.235. The maximum absolute atomic E-state index is 11.7. The van der Waals surface area contributed by atoms with Crippen LogP contribution in [0.2, 0.25) is 0 Å². The van der Waals surface area contributed by atoms with Gasteiger partial charge in [0.15, 0.2) is 0 Å². The number of benzene rings is 2. The van der Waals surface area contributed by atoms with Crippen LogP contribution in [-0.4, -0.2) is 17.6 Å². The van der Waals surface area contributed by atoms with Crippen molar-refractivity contribution in [2.45, 2.75) is 19.9 Å². The number of rotatable bonds is 2. The fourth-order valence-corrected chi connectivity index (χ4v) is 2.80. The van der Waals surface area contributed by atoms with Gasteiger partial charge < -0.3 is 9.30 Å². The molecule has 0 saturated heterocycles. The first-order valence-electron chi connectivity index (χ1n) is 6.74. The Morgan fingerprint density at radius 2 is 1.75 bits per heavy atom. The molecule has 0 unspecified atom stereocenters. The number of esters is 1. The molecule has 0 aliphatic heterocycles. The van der Waals surface area contributed by atoms with Crippen molar-refractivity contribution in [2.75, 3.05) is 7.11 Å². The Bertz CT molecular complexity index is 799. The highest BCUT2D eigenvalue weighted by atomic mass is 16.5. The van der Waals surface area contributed by atoms with E-state index in [0.717, 1.165) is 5.52 Å². The van der Waals surface area contributed by atoms with Crippen molar-refractivity contribution in [3.05, 3.63) is 48.0 Å². The SMILES string of the molecule is COC(=O)c1ccc2c3ccccc3n(C(C)C)c2c1. The van der Waals surface area contributed by atoms with Crippen molar-refractivity contribution in [3.8, 4) is 0 Å². The molecule has 0 bridgehead atoms. The Hall–Kier alpha value is -2.29. The summed E-state index contributed by atoms with van der Waals surface area (Å²) in [5, 5.41) is 2.38. The van der Waals surface area contributed by atoms with Crippen molar-refractivity contribution in [1.82, 2.24) is 4.57 Å². The zero-order chi connectivity index (χ0) is 14.3. The number of para-hydroxylation sites is 1. The minimum Gasteiger partial charge on any atom is -0.465 e. The summed E-state index contributed by atoms with van der Waals surface area (Å²) in [7, 11) is 1.41. The van der Waals surface area contributed by atoms with Crippen LogP contribution in [0.1, 0.15) is 30.2 Å². The highest BCUT2D eigenvalue weighted by molar-refractivity contribution is 6.09. The first-order valence-corrected chi connectivity index (χ1v) is 6.74. The van der Waals surface area contributed by atoms with Gasteiger partial charge in [0.05, 0.1) is 18.2 Å². The normalized spacial score (nSPS) is 11.4. The van der Waals surface area contributed by atoms with E-state index in [0.29, 0.717) is 11.6 Å². The molecule has 0 amide bonds. The molecule has 0 fully saturated rings. The van der Waals surface area contributed by atoms with E-state index in [1.807, 2.05) is 30.3 Å². The highest BCUT2D eigenvalue weighted by Gasteiger charge is 2.14. The van der Waals surface area contributed by atoms with Crippen molar-refractivity contribution >= 4 is 27.8 Å². The molecule has 2 aromatic carbocycles. The smallest absolute Gasteiger partial charge is 0.337 e. The summed E-state index contributed by atoms with van der Waals surface area (Å²) in [6, 6.07) is 14.4. The van der Waals surface area contributed by atoms with Crippen LogP contribution in [0.3, 0.4) is 0 Å². The first kappa shape index (κ1) is 12.7. The van der Waals surface area contributed by atoms with E-state index < -0.39 is 0 Å². The summed E-state index contributed by atoms with van der Waals surface area (Å²) in [5.41, 5.74) is 2.85. The average molecular weight is 267 g/mol. The predicted octanol–water partition coefficient (Wildman–Crippen LogP) is 4.16. The predicted molar refractivity (Wildman–Crippen MR) is 81.2 cm³/mol. The quantitative estimate of drug-likeness (QED) is 0.653. The fourth-order valence-electron chi connectivity index (χ4n) is 2.80. The van der Waals surface area contributed by atoms with Gasteiger partial charge >= 0.3 is 5.97 Å². The maximum Gasteiger partial charge on any atom is 0.337 e. The third kappa shape index (κ3) is 1.78. The third-order valence-electron chi connectivity index (χ3n) is 3.65. The van der Waals surface area contributed by atoms with Gasteiger partial charge in [0.25, 0.3) is 0 Å². The number of methoxy groups -OCH3 is 1. The minimum absolute atomic E-state index is 0.299. The number of aromatic nitrogens is 1. The first-order chi connectivity index (χ1) is 9.63. The largest absolute Gasteiger partial charge is 0.465 e. The second-order valence-corrected chi connectivity index (χ2v) is 5.20. The summed E-state index contributed by atoms with van der Waals surface area (Å²) in [6.45, 7) is 4.30. The molecule has 0 aliphatic carbocycles. The van der Waals surface area contributed by atoms with Gasteiger partial charge in [-0.3, -0.25) is 0 Å². The molecular formula is C17H17NO2. The summed E-state index contributed by atoms with van der Waals surface area (Å²) >= 11 is 0. The van der Waals surface area contributed by atoms with Crippen LogP contribution < -0.4 is 0 Å². The van der Waals surface area contributed by atoms with E-state index >= 15 is 0 Å². The van der Waals surface area contributed by atoms with Gasteiger partial charge in [-0.2, -0.15) is 0 Å². The Balaban J connectivity index is 2.41. The molecule has 3 aromatic rings. The van der Waals surface area contributed by atoms with E-state index in [-0.39, 0.29) is 5.97 Å². The summed E-state index contributed by atoms with van der Waals surface area (Å²) < 4.78 is 7.07. The molecule has 1 heterocycles. The van der Waals surface area contributed by atoms with Crippen LogP contribution in [0.15, 0.2) is 42.5 Å². The lowest BCUT2D eigenvalue weighted by Crippen LogP contribution is -2.03. The summed E-state index contributed by atoms with van der Waals surface area (Å²) in [5.74, 6) is -0.299. The van der Waals surface area contributed by atoms with Crippen molar-refractivity contribution < 1.29 is 9.53 Å².